The van der Waals surface area contributed by atoms with Crippen LogP contribution in [0, 0.1) is 5.92 Å². The summed E-state index contributed by atoms with van der Waals surface area (Å²) >= 11 is 0. The SMILES string of the molecule is C=C(C(C)C)N(C)CCC(=O)CC(=O)CC(=O)OCC. The van der Waals surface area contributed by atoms with Gasteiger partial charge in [0.2, 0.25) is 0 Å². The standard InChI is InChI=1S/C15H25NO4/c1-6-20-15(19)10-14(18)9-13(17)7-8-16(5)12(4)11(2)3/h11H,4,6-10H2,1-3,5H3. The molecule has 20 heavy (non-hydrogen) atoms. The summed E-state index contributed by atoms with van der Waals surface area (Å²) in [6.45, 7) is 10.4. The van der Waals surface area contributed by atoms with Gasteiger partial charge in [-0.05, 0) is 12.8 Å². The zero-order valence-electron chi connectivity index (χ0n) is 12.9. The first-order chi connectivity index (χ1) is 9.27. The minimum absolute atomic E-state index is 0.164. The van der Waals surface area contributed by atoms with E-state index in [2.05, 4.69) is 11.3 Å². The molecule has 114 valence electrons. The quantitative estimate of drug-likeness (QED) is 0.453. The molecule has 0 saturated heterocycles. The maximum absolute atomic E-state index is 11.7. The lowest BCUT2D eigenvalue weighted by atomic mass is 10.1. The van der Waals surface area contributed by atoms with Crippen LogP contribution in [0.3, 0.4) is 0 Å². The Balaban J connectivity index is 4.02. The second-order valence-corrected chi connectivity index (χ2v) is 5.05. The van der Waals surface area contributed by atoms with Crippen molar-refractivity contribution in [1.82, 2.24) is 4.90 Å². The number of Topliss-reactive ketones (excluding diaryl/α,β-unsaturated/α-hetero) is 2. The molecule has 0 aliphatic carbocycles. The molecule has 0 aromatic heterocycles. The van der Waals surface area contributed by atoms with Gasteiger partial charge in [-0.25, -0.2) is 0 Å². The van der Waals surface area contributed by atoms with Crippen molar-refractivity contribution in [2.45, 2.75) is 40.0 Å². The molecule has 0 unspecified atom stereocenters. The fourth-order valence-electron chi connectivity index (χ4n) is 1.62. The number of hydrogen-bond acceptors (Lipinski definition) is 5. The van der Waals surface area contributed by atoms with E-state index in [-0.39, 0.29) is 31.7 Å². The molecule has 5 nitrogen and oxygen atoms in total. The van der Waals surface area contributed by atoms with Crippen LogP contribution in [0.2, 0.25) is 0 Å². The zero-order valence-corrected chi connectivity index (χ0v) is 12.9. The van der Waals surface area contributed by atoms with Gasteiger partial charge in [0.25, 0.3) is 0 Å². The first-order valence-electron chi connectivity index (χ1n) is 6.86. The Morgan fingerprint density at radius 3 is 2.25 bits per heavy atom. The Labute approximate surface area is 121 Å². The largest absolute Gasteiger partial charge is 0.466 e. The van der Waals surface area contributed by atoms with Crippen LogP contribution >= 0.6 is 0 Å². The molecule has 0 bridgehead atoms. The Morgan fingerprint density at radius 1 is 1.15 bits per heavy atom. The maximum Gasteiger partial charge on any atom is 0.313 e. The minimum atomic E-state index is -0.574. The molecule has 0 spiro atoms. The summed E-state index contributed by atoms with van der Waals surface area (Å²) in [7, 11) is 1.87. The highest BCUT2D eigenvalue weighted by Gasteiger charge is 2.15. The molecule has 5 heteroatoms. The van der Waals surface area contributed by atoms with Crippen molar-refractivity contribution in [2.75, 3.05) is 20.2 Å². The first-order valence-corrected chi connectivity index (χ1v) is 6.86. The normalized spacial score (nSPS) is 10.2. The molecular weight excluding hydrogens is 258 g/mol. The number of esters is 1. The van der Waals surface area contributed by atoms with E-state index in [1.54, 1.807) is 6.92 Å². The highest BCUT2D eigenvalue weighted by atomic mass is 16.5. The molecule has 0 fully saturated rings. The van der Waals surface area contributed by atoms with Crippen LogP contribution < -0.4 is 0 Å². The van der Waals surface area contributed by atoms with E-state index in [0.29, 0.717) is 12.5 Å². The summed E-state index contributed by atoms with van der Waals surface area (Å²) in [5.74, 6) is -0.808. The molecule has 0 atom stereocenters. The lowest BCUT2D eigenvalue weighted by molar-refractivity contribution is -0.145. The van der Waals surface area contributed by atoms with Crippen LogP contribution in [0.1, 0.15) is 40.0 Å². The number of ketones is 2. The van der Waals surface area contributed by atoms with Gasteiger partial charge in [0.05, 0.1) is 13.0 Å². The van der Waals surface area contributed by atoms with Crippen LogP contribution in [0.15, 0.2) is 12.3 Å². The number of carbonyl (C=O) groups is 3. The predicted octanol–water partition coefficient (Wildman–Crippen LogP) is 1.96. The molecule has 0 rings (SSSR count). The molecule has 0 N–H and O–H groups in total. The number of nitrogens with zero attached hydrogens (tertiary/aromatic N) is 1. The molecule has 0 aromatic rings. The van der Waals surface area contributed by atoms with Crippen LogP contribution in [0.4, 0.5) is 0 Å². The van der Waals surface area contributed by atoms with E-state index in [9.17, 15) is 14.4 Å². The van der Waals surface area contributed by atoms with Gasteiger partial charge in [0.15, 0.2) is 5.78 Å². The zero-order chi connectivity index (χ0) is 15.7. The summed E-state index contributed by atoms with van der Waals surface area (Å²) in [6, 6.07) is 0. The monoisotopic (exact) mass is 283 g/mol. The van der Waals surface area contributed by atoms with E-state index in [1.165, 1.54) is 0 Å². The van der Waals surface area contributed by atoms with Crippen molar-refractivity contribution >= 4 is 17.5 Å². The minimum Gasteiger partial charge on any atom is -0.466 e. The summed E-state index contributed by atoms with van der Waals surface area (Å²) in [5.41, 5.74) is 0.954. The van der Waals surface area contributed by atoms with Gasteiger partial charge in [-0.1, -0.05) is 20.4 Å². The number of rotatable bonds is 10. The molecule has 0 amide bonds. The lowest BCUT2D eigenvalue weighted by Gasteiger charge is -2.23. The van der Waals surface area contributed by atoms with Gasteiger partial charge in [-0.2, -0.15) is 0 Å². The van der Waals surface area contributed by atoms with Gasteiger partial charge >= 0.3 is 5.97 Å². The smallest absolute Gasteiger partial charge is 0.313 e. The summed E-state index contributed by atoms with van der Waals surface area (Å²) < 4.78 is 4.66. The third-order valence-electron chi connectivity index (χ3n) is 2.92. The van der Waals surface area contributed by atoms with E-state index < -0.39 is 11.8 Å². The van der Waals surface area contributed by atoms with Gasteiger partial charge in [-0.15, -0.1) is 0 Å². The van der Waals surface area contributed by atoms with Gasteiger partial charge in [0.1, 0.15) is 12.2 Å². The van der Waals surface area contributed by atoms with Crippen molar-refractivity contribution in [3.8, 4) is 0 Å². The Hall–Kier alpha value is -1.65. The van der Waals surface area contributed by atoms with Crippen molar-refractivity contribution in [1.29, 1.82) is 0 Å². The molecule has 0 aromatic carbocycles. The third-order valence-corrected chi connectivity index (χ3v) is 2.92. The summed E-state index contributed by atoms with van der Waals surface area (Å²) in [6.07, 6.45) is -0.258. The Bertz CT molecular complexity index is 374. The van der Waals surface area contributed by atoms with E-state index in [0.717, 1.165) is 5.70 Å². The van der Waals surface area contributed by atoms with Crippen LogP contribution in [0.25, 0.3) is 0 Å². The number of carbonyl (C=O) groups excluding carboxylic acids is 3. The lowest BCUT2D eigenvalue weighted by Crippen LogP contribution is -2.24. The summed E-state index contributed by atoms with van der Waals surface area (Å²) in [4.78, 5) is 36.1. The maximum atomic E-state index is 11.7. The highest BCUT2D eigenvalue weighted by Crippen LogP contribution is 2.11. The summed E-state index contributed by atoms with van der Waals surface area (Å²) in [5, 5.41) is 0. The fraction of sp³-hybridized carbons (Fsp3) is 0.667. The van der Waals surface area contributed by atoms with Crippen molar-refractivity contribution < 1.29 is 19.1 Å². The third kappa shape index (κ3) is 7.71. The number of hydrogen-bond donors (Lipinski definition) is 0. The predicted molar refractivity (Wildman–Crippen MR) is 77.1 cm³/mol. The Morgan fingerprint density at radius 2 is 1.75 bits per heavy atom. The van der Waals surface area contributed by atoms with Crippen LogP contribution in [0.5, 0.6) is 0 Å². The Kier molecular flexibility index (Phi) is 8.52. The van der Waals surface area contributed by atoms with Gasteiger partial charge < -0.3 is 9.64 Å². The molecular formula is C15H25NO4. The van der Waals surface area contributed by atoms with E-state index >= 15 is 0 Å². The number of ether oxygens (including phenoxy) is 1. The number of allylic oxidation sites excluding steroid dienone is 1. The average Bonchev–Trinajstić information content (AvgIpc) is 2.34. The average molecular weight is 283 g/mol. The van der Waals surface area contributed by atoms with Crippen LogP contribution in [-0.2, 0) is 19.1 Å². The van der Waals surface area contributed by atoms with Crippen molar-refractivity contribution in [3.63, 3.8) is 0 Å². The van der Waals surface area contributed by atoms with Crippen molar-refractivity contribution in [2.24, 2.45) is 5.92 Å². The first kappa shape index (κ1) is 18.4. The van der Waals surface area contributed by atoms with Crippen molar-refractivity contribution in [3.05, 3.63) is 12.3 Å². The van der Waals surface area contributed by atoms with E-state index in [1.807, 2.05) is 25.8 Å². The fourth-order valence-corrected chi connectivity index (χ4v) is 1.62. The van der Waals surface area contributed by atoms with Gasteiger partial charge in [0, 0.05) is 25.7 Å². The second-order valence-electron chi connectivity index (χ2n) is 5.05. The van der Waals surface area contributed by atoms with Gasteiger partial charge in [-0.3, -0.25) is 14.4 Å². The molecule has 0 aliphatic rings. The topological polar surface area (TPSA) is 63.7 Å². The van der Waals surface area contributed by atoms with Crippen LogP contribution in [-0.4, -0.2) is 42.6 Å². The highest BCUT2D eigenvalue weighted by molar-refractivity contribution is 6.05. The molecule has 0 heterocycles. The molecule has 0 aliphatic heterocycles. The molecule has 0 saturated carbocycles. The van der Waals surface area contributed by atoms with E-state index in [4.69, 9.17) is 0 Å². The second kappa shape index (κ2) is 9.28. The molecule has 0 radical (unpaired) electrons.